The van der Waals surface area contributed by atoms with Gasteiger partial charge in [-0.15, -0.1) is 0 Å². The summed E-state index contributed by atoms with van der Waals surface area (Å²) in [5, 5.41) is 6.65. The average molecular weight is 306 g/mol. The largest absolute Gasteiger partial charge is 0.356 e. The Kier molecular flexibility index (Phi) is 5.77. The van der Waals surface area contributed by atoms with E-state index in [2.05, 4.69) is 34.6 Å². The lowest BCUT2D eigenvalue weighted by atomic mass is 9.95. The molecule has 22 heavy (non-hydrogen) atoms. The lowest BCUT2D eigenvalue weighted by molar-refractivity contribution is 0.399. The Hall–Kier alpha value is -1.62. The van der Waals surface area contributed by atoms with Gasteiger partial charge in [-0.25, -0.2) is 4.39 Å². The molecular weight excluding hydrogens is 279 g/mol. The molecular formula is C17H27FN4. The highest BCUT2D eigenvalue weighted by atomic mass is 19.1. The van der Waals surface area contributed by atoms with Crippen LogP contribution in [0.2, 0.25) is 0 Å². The molecule has 0 amide bonds. The number of benzene rings is 1. The van der Waals surface area contributed by atoms with Crippen molar-refractivity contribution in [2.75, 3.05) is 40.8 Å². The second-order valence-electron chi connectivity index (χ2n) is 6.27. The van der Waals surface area contributed by atoms with Gasteiger partial charge in [0.15, 0.2) is 5.96 Å². The molecule has 0 atom stereocenters. The van der Waals surface area contributed by atoms with Crippen molar-refractivity contribution in [3.63, 3.8) is 0 Å². The average Bonchev–Trinajstić information content (AvgIpc) is 3.27. The quantitative estimate of drug-likeness (QED) is 0.460. The highest BCUT2D eigenvalue weighted by Crippen LogP contribution is 2.48. The third-order valence-electron chi connectivity index (χ3n) is 4.19. The minimum absolute atomic E-state index is 0.0629. The molecule has 122 valence electrons. The van der Waals surface area contributed by atoms with E-state index in [1.807, 2.05) is 12.1 Å². The molecule has 0 unspecified atom stereocenters. The summed E-state index contributed by atoms with van der Waals surface area (Å²) in [6, 6.07) is 7.10. The second-order valence-corrected chi connectivity index (χ2v) is 6.27. The minimum atomic E-state index is -0.101. The molecule has 5 heteroatoms. The van der Waals surface area contributed by atoms with Crippen molar-refractivity contribution < 1.29 is 4.39 Å². The van der Waals surface area contributed by atoms with Crippen molar-refractivity contribution in [2.45, 2.75) is 24.7 Å². The van der Waals surface area contributed by atoms with Crippen LogP contribution in [-0.4, -0.2) is 51.6 Å². The first kappa shape index (κ1) is 16.7. The van der Waals surface area contributed by atoms with Gasteiger partial charge in [0.2, 0.25) is 0 Å². The zero-order valence-electron chi connectivity index (χ0n) is 13.8. The van der Waals surface area contributed by atoms with Crippen molar-refractivity contribution in [3.05, 3.63) is 35.6 Å². The monoisotopic (exact) mass is 306 g/mol. The van der Waals surface area contributed by atoms with Gasteiger partial charge in [0, 0.05) is 25.6 Å². The topological polar surface area (TPSA) is 39.7 Å². The molecule has 0 saturated heterocycles. The standard InChI is InChI=1S/C17H27FN4/c1-19-16(20-11-6-12-22(2)3)21-13-17(9-10-17)14-7-4-5-8-15(14)18/h4-5,7-8H,6,9-13H2,1-3H3,(H2,19,20,21). The third kappa shape index (κ3) is 4.44. The molecule has 4 nitrogen and oxygen atoms in total. The molecule has 1 saturated carbocycles. The summed E-state index contributed by atoms with van der Waals surface area (Å²) >= 11 is 0. The van der Waals surface area contributed by atoms with Gasteiger partial charge >= 0.3 is 0 Å². The zero-order chi connectivity index (χ0) is 16.0. The van der Waals surface area contributed by atoms with E-state index in [-0.39, 0.29) is 11.2 Å². The lowest BCUT2D eigenvalue weighted by Crippen LogP contribution is -2.42. The molecule has 0 aromatic heterocycles. The van der Waals surface area contributed by atoms with E-state index in [1.165, 1.54) is 0 Å². The van der Waals surface area contributed by atoms with E-state index in [1.54, 1.807) is 19.2 Å². The van der Waals surface area contributed by atoms with Gasteiger partial charge in [-0.1, -0.05) is 18.2 Å². The zero-order valence-corrected chi connectivity index (χ0v) is 13.8. The molecule has 0 heterocycles. The van der Waals surface area contributed by atoms with Crippen LogP contribution in [0.15, 0.2) is 29.3 Å². The minimum Gasteiger partial charge on any atom is -0.356 e. The summed E-state index contributed by atoms with van der Waals surface area (Å²) in [4.78, 5) is 6.40. The van der Waals surface area contributed by atoms with Gasteiger partial charge in [0.25, 0.3) is 0 Å². The Morgan fingerprint density at radius 1 is 1.27 bits per heavy atom. The predicted molar refractivity (Wildman–Crippen MR) is 89.8 cm³/mol. The van der Waals surface area contributed by atoms with Crippen LogP contribution in [0.25, 0.3) is 0 Å². The summed E-state index contributed by atoms with van der Waals surface area (Å²) in [6.07, 6.45) is 3.11. The molecule has 0 spiro atoms. The van der Waals surface area contributed by atoms with E-state index in [0.29, 0.717) is 0 Å². The van der Waals surface area contributed by atoms with Gasteiger partial charge < -0.3 is 15.5 Å². The molecule has 1 aromatic carbocycles. The molecule has 2 rings (SSSR count). The number of nitrogens with one attached hydrogen (secondary N) is 2. The van der Waals surface area contributed by atoms with E-state index in [4.69, 9.17) is 0 Å². The van der Waals surface area contributed by atoms with Crippen molar-refractivity contribution in [1.29, 1.82) is 0 Å². The van der Waals surface area contributed by atoms with E-state index in [0.717, 1.165) is 50.4 Å². The predicted octanol–water partition coefficient (Wildman–Crippen LogP) is 1.97. The molecule has 2 N–H and O–H groups in total. The number of guanidine groups is 1. The van der Waals surface area contributed by atoms with Gasteiger partial charge in [-0.2, -0.15) is 0 Å². The summed E-state index contributed by atoms with van der Waals surface area (Å²) in [5.41, 5.74) is 0.762. The van der Waals surface area contributed by atoms with Crippen LogP contribution in [0, 0.1) is 5.82 Å². The Bertz CT molecular complexity index is 509. The first-order chi connectivity index (χ1) is 10.6. The van der Waals surface area contributed by atoms with Crippen molar-refractivity contribution >= 4 is 5.96 Å². The molecule has 1 fully saturated rings. The fourth-order valence-corrected chi connectivity index (χ4v) is 2.66. The van der Waals surface area contributed by atoms with Crippen LogP contribution in [0.1, 0.15) is 24.8 Å². The second kappa shape index (κ2) is 7.58. The maximum Gasteiger partial charge on any atom is 0.191 e. The van der Waals surface area contributed by atoms with Gasteiger partial charge in [-0.3, -0.25) is 4.99 Å². The van der Waals surface area contributed by atoms with Gasteiger partial charge in [0.05, 0.1) is 0 Å². The number of aliphatic imine (C=N–C) groups is 1. The summed E-state index contributed by atoms with van der Waals surface area (Å²) in [6.45, 7) is 2.65. The molecule has 1 aromatic rings. The molecule has 0 bridgehead atoms. The van der Waals surface area contributed by atoms with Crippen LogP contribution in [0.5, 0.6) is 0 Å². The number of nitrogens with zero attached hydrogens (tertiary/aromatic N) is 2. The highest BCUT2D eigenvalue weighted by molar-refractivity contribution is 5.79. The molecule has 1 aliphatic rings. The number of rotatable bonds is 7. The summed E-state index contributed by atoms with van der Waals surface area (Å²) in [7, 11) is 5.90. The van der Waals surface area contributed by atoms with Crippen molar-refractivity contribution in [1.82, 2.24) is 15.5 Å². The van der Waals surface area contributed by atoms with Crippen LogP contribution < -0.4 is 10.6 Å². The van der Waals surface area contributed by atoms with E-state index in [9.17, 15) is 4.39 Å². The smallest absolute Gasteiger partial charge is 0.191 e. The Morgan fingerprint density at radius 3 is 2.59 bits per heavy atom. The van der Waals surface area contributed by atoms with E-state index >= 15 is 0 Å². The third-order valence-corrected chi connectivity index (χ3v) is 4.19. The normalized spacial score (nSPS) is 16.7. The fourth-order valence-electron chi connectivity index (χ4n) is 2.66. The van der Waals surface area contributed by atoms with Gasteiger partial charge in [-0.05, 0) is 51.5 Å². The maximum absolute atomic E-state index is 14.0. The number of halogens is 1. The Labute approximate surface area is 132 Å². The van der Waals surface area contributed by atoms with Crippen LogP contribution in [0.4, 0.5) is 4.39 Å². The molecule has 0 aliphatic heterocycles. The number of hydrogen-bond donors (Lipinski definition) is 2. The maximum atomic E-state index is 14.0. The van der Waals surface area contributed by atoms with Crippen LogP contribution in [-0.2, 0) is 5.41 Å². The summed E-state index contributed by atoms with van der Waals surface area (Å²) < 4.78 is 14.0. The summed E-state index contributed by atoms with van der Waals surface area (Å²) in [5.74, 6) is 0.692. The first-order valence-corrected chi connectivity index (χ1v) is 7.92. The lowest BCUT2D eigenvalue weighted by Gasteiger charge is -2.19. The van der Waals surface area contributed by atoms with Crippen molar-refractivity contribution in [2.24, 2.45) is 4.99 Å². The Balaban J connectivity index is 1.82. The molecule has 1 aliphatic carbocycles. The Morgan fingerprint density at radius 2 is 2.00 bits per heavy atom. The molecule has 0 radical (unpaired) electrons. The van der Waals surface area contributed by atoms with Crippen molar-refractivity contribution in [3.8, 4) is 0 Å². The first-order valence-electron chi connectivity index (χ1n) is 7.92. The van der Waals surface area contributed by atoms with Crippen LogP contribution >= 0.6 is 0 Å². The fraction of sp³-hybridized carbons (Fsp3) is 0.588. The highest BCUT2D eigenvalue weighted by Gasteiger charge is 2.45. The van der Waals surface area contributed by atoms with E-state index < -0.39 is 0 Å². The number of hydrogen-bond acceptors (Lipinski definition) is 2. The SMILES string of the molecule is CN=C(NCCCN(C)C)NCC1(c2ccccc2F)CC1. The van der Waals surface area contributed by atoms with Gasteiger partial charge in [0.1, 0.15) is 5.82 Å². The van der Waals surface area contributed by atoms with Crippen LogP contribution in [0.3, 0.4) is 0 Å².